The molecule has 13 rings (SSSR count). The van der Waals surface area contributed by atoms with Gasteiger partial charge in [-0.05, 0) is 65.7 Å². The van der Waals surface area contributed by atoms with Crippen LogP contribution in [-0.4, -0.2) is 28.7 Å². The quantitative estimate of drug-likeness (QED) is 0.168. The number of aromatic nitrogens is 6. The standard InChI is InChI=1S/C57H36N6/c1-3-17-37(18-4-1)55-58-56(38-19-5-2-6-20-38)60-57(59-55)63-53-30-16-11-25-47(53)48-32-31-39(35-54(48)63)40-33-41(61-49-26-12-7-21-43(49)44-22-8-13-27-50(44)61)36-42(34-40)62-51-28-14-9-23-45(51)46-24-10-15-29-52(46)62/h1-36H. The lowest BCUT2D eigenvalue weighted by Gasteiger charge is -2.16. The Balaban J connectivity index is 1.10. The van der Waals surface area contributed by atoms with Gasteiger partial charge in [-0.2, -0.15) is 9.97 Å². The zero-order valence-electron chi connectivity index (χ0n) is 34.0. The molecular formula is C57H36N6. The summed E-state index contributed by atoms with van der Waals surface area (Å²) in [7, 11) is 0. The van der Waals surface area contributed by atoms with Crippen LogP contribution in [0.2, 0.25) is 0 Å². The van der Waals surface area contributed by atoms with E-state index in [4.69, 9.17) is 15.0 Å². The average Bonchev–Trinajstić information content (AvgIpc) is 4.00. The molecule has 13 aromatic rings. The minimum absolute atomic E-state index is 0.566. The molecule has 0 radical (unpaired) electrons. The van der Waals surface area contributed by atoms with Gasteiger partial charge < -0.3 is 9.13 Å². The highest BCUT2D eigenvalue weighted by molar-refractivity contribution is 6.12. The Kier molecular flexibility index (Phi) is 7.80. The van der Waals surface area contributed by atoms with E-state index >= 15 is 0 Å². The predicted octanol–water partition coefficient (Wildman–Crippen LogP) is 14.2. The van der Waals surface area contributed by atoms with Crippen molar-refractivity contribution >= 4 is 65.4 Å². The van der Waals surface area contributed by atoms with E-state index in [9.17, 15) is 0 Å². The first-order chi connectivity index (χ1) is 31.2. The third-order valence-corrected chi connectivity index (χ3v) is 12.5. The van der Waals surface area contributed by atoms with Crippen molar-refractivity contribution in [2.24, 2.45) is 0 Å². The van der Waals surface area contributed by atoms with Crippen molar-refractivity contribution < 1.29 is 0 Å². The first kappa shape index (κ1) is 35.2. The minimum Gasteiger partial charge on any atom is -0.309 e. The van der Waals surface area contributed by atoms with Gasteiger partial charge in [0.15, 0.2) is 11.6 Å². The summed E-state index contributed by atoms with van der Waals surface area (Å²) >= 11 is 0. The molecule has 0 aliphatic rings. The molecule has 4 heterocycles. The fourth-order valence-electron chi connectivity index (χ4n) is 9.68. The van der Waals surface area contributed by atoms with Crippen LogP contribution in [0, 0.1) is 0 Å². The molecular weight excluding hydrogens is 769 g/mol. The Bertz CT molecular complexity index is 3620. The van der Waals surface area contributed by atoms with Crippen LogP contribution in [0.15, 0.2) is 218 Å². The number of hydrogen-bond acceptors (Lipinski definition) is 3. The molecule has 0 fully saturated rings. The fourth-order valence-corrected chi connectivity index (χ4v) is 9.68. The van der Waals surface area contributed by atoms with Gasteiger partial charge in [0.2, 0.25) is 5.95 Å². The molecule has 294 valence electrons. The minimum atomic E-state index is 0.566. The maximum Gasteiger partial charge on any atom is 0.238 e. The summed E-state index contributed by atoms with van der Waals surface area (Å²) in [5, 5.41) is 7.16. The van der Waals surface area contributed by atoms with Crippen molar-refractivity contribution in [3.63, 3.8) is 0 Å². The predicted molar refractivity (Wildman–Crippen MR) is 259 cm³/mol. The van der Waals surface area contributed by atoms with E-state index in [0.29, 0.717) is 17.6 Å². The van der Waals surface area contributed by atoms with Crippen molar-refractivity contribution in [3.05, 3.63) is 218 Å². The van der Waals surface area contributed by atoms with Crippen LogP contribution in [-0.2, 0) is 0 Å². The lowest BCUT2D eigenvalue weighted by atomic mass is 10.0. The molecule has 9 aromatic carbocycles. The molecule has 0 spiro atoms. The number of benzene rings is 9. The highest BCUT2D eigenvalue weighted by Gasteiger charge is 2.21. The second-order valence-corrected chi connectivity index (χ2v) is 16.1. The zero-order valence-corrected chi connectivity index (χ0v) is 34.0. The summed E-state index contributed by atoms with van der Waals surface area (Å²) < 4.78 is 7.05. The third kappa shape index (κ3) is 5.55. The van der Waals surface area contributed by atoms with Gasteiger partial charge >= 0.3 is 0 Å². The maximum atomic E-state index is 5.22. The van der Waals surface area contributed by atoms with E-state index in [-0.39, 0.29) is 0 Å². The molecule has 4 aromatic heterocycles. The van der Waals surface area contributed by atoms with Crippen molar-refractivity contribution in [1.82, 2.24) is 28.7 Å². The number of rotatable bonds is 6. The van der Waals surface area contributed by atoms with Crippen molar-refractivity contribution in [1.29, 1.82) is 0 Å². The maximum absolute atomic E-state index is 5.22. The van der Waals surface area contributed by atoms with E-state index in [1.54, 1.807) is 0 Å². The Morgan fingerprint density at radius 3 is 1.03 bits per heavy atom. The van der Waals surface area contributed by atoms with Gasteiger partial charge in [-0.1, -0.05) is 164 Å². The Hall–Kier alpha value is -8.61. The van der Waals surface area contributed by atoms with Gasteiger partial charge in [-0.15, -0.1) is 0 Å². The SMILES string of the molecule is c1ccc(-c2nc(-c3ccccc3)nc(-n3c4ccccc4c4ccc(-c5cc(-n6c7ccccc7c7ccccc76)cc(-n6c7ccccc7c7ccccc76)c5)cc43)n2)cc1. The molecule has 0 atom stereocenters. The van der Waals surface area contributed by atoms with E-state index in [2.05, 4.69) is 196 Å². The lowest BCUT2D eigenvalue weighted by molar-refractivity contribution is 0.953. The van der Waals surface area contributed by atoms with Gasteiger partial charge in [0.1, 0.15) is 0 Å². The molecule has 0 bridgehead atoms. The summed E-state index contributed by atoms with van der Waals surface area (Å²) in [5.74, 6) is 1.81. The molecule has 0 saturated heterocycles. The lowest BCUT2D eigenvalue weighted by Crippen LogP contribution is -2.06. The van der Waals surface area contributed by atoms with Crippen LogP contribution in [0.1, 0.15) is 0 Å². The van der Waals surface area contributed by atoms with Crippen LogP contribution in [0.25, 0.3) is 117 Å². The van der Waals surface area contributed by atoms with Crippen LogP contribution < -0.4 is 0 Å². The van der Waals surface area contributed by atoms with Gasteiger partial charge in [0.05, 0.1) is 33.1 Å². The van der Waals surface area contributed by atoms with E-state index < -0.39 is 0 Å². The fraction of sp³-hybridized carbons (Fsp3) is 0. The van der Waals surface area contributed by atoms with Gasteiger partial charge in [-0.25, -0.2) is 4.98 Å². The largest absolute Gasteiger partial charge is 0.309 e. The van der Waals surface area contributed by atoms with E-state index in [1.165, 1.54) is 21.5 Å². The molecule has 0 amide bonds. The average molecular weight is 805 g/mol. The second kappa shape index (κ2) is 14.0. The monoisotopic (exact) mass is 804 g/mol. The molecule has 6 nitrogen and oxygen atoms in total. The summed E-state index contributed by atoms with van der Waals surface area (Å²) in [6.45, 7) is 0. The van der Waals surface area contributed by atoms with Gasteiger partial charge in [0, 0.05) is 54.8 Å². The molecule has 0 saturated carbocycles. The number of hydrogen-bond donors (Lipinski definition) is 0. The highest BCUT2D eigenvalue weighted by Crippen LogP contribution is 2.40. The van der Waals surface area contributed by atoms with Crippen LogP contribution >= 0.6 is 0 Å². The number of fused-ring (bicyclic) bond motifs is 9. The first-order valence-corrected chi connectivity index (χ1v) is 21.3. The highest BCUT2D eigenvalue weighted by atomic mass is 15.2. The second-order valence-electron chi connectivity index (χ2n) is 16.1. The Morgan fingerprint density at radius 2 is 0.603 bits per heavy atom. The van der Waals surface area contributed by atoms with Crippen molar-refractivity contribution in [3.8, 4) is 51.2 Å². The Morgan fingerprint density at radius 1 is 0.238 bits per heavy atom. The first-order valence-electron chi connectivity index (χ1n) is 21.3. The van der Waals surface area contributed by atoms with Crippen LogP contribution in [0.5, 0.6) is 0 Å². The Labute approximate surface area is 362 Å². The van der Waals surface area contributed by atoms with Gasteiger partial charge in [-0.3, -0.25) is 4.57 Å². The topological polar surface area (TPSA) is 53.5 Å². The summed E-state index contributed by atoms with van der Waals surface area (Å²) in [6, 6.07) is 77.6. The molecule has 6 heteroatoms. The normalized spacial score (nSPS) is 11.8. The van der Waals surface area contributed by atoms with E-state index in [0.717, 1.165) is 77.5 Å². The van der Waals surface area contributed by atoms with E-state index in [1.807, 2.05) is 36.4 Å². The summed E-state index contributed by atoms with van der Waals surface area (Å²) in [4.78, 5) is 15.5. The molecule has 0 unspecified atom stereocenters. The summed E-state index contributed by atoms with van der Waals surface area (Å²) in [5.41, 5.74) is 12.9. The van der Waals surface area contributed by atoms with Crippen LogP contribution in [0.3, 0.4) is 0 Å². The number of para-hydroxylation sites is 5. The smallest absolute Gasteiger partial charge is 0.238 e. The molecule has 0 aliphatic heterocycles. The molecule has 0 aliphatic carbocycles. The van der Waals surface area contributed by atoms with Gasteiger partial charge in [0.25, 0.3) is 0 Å². The zero-order chi connectivity index (χ0) is 41.4. The molecule has 0 N–H and O–H groups in total. The third-order valence-electron chi connectivity index (χ3n) is 12.5. The van der Waals surface area contributed by atoms with Crippen molar-refractivity contribution in [2.75, 3.05) is 0 Å². The summed E-state index contributed by atoms with van der Waals surface area (Å²) in [6.07, 6.45) is 0. The van der Waals surface area contributed by atoms with Crippen molar-refractivity contribution in [2.45, 2.75) is 0 Å². The number of nitrogens with zero attached hydrogens (tertiary/aromatic N) is 6. The van der Waals surface area contributed by atoms with Crippen LogP contribution in [0.4, 0.5) is 0 Å². The molecule has 63 heavy (non-hydrogen) atoms.